The highest BCUT2D eigenvalue weighted by Gasteiger charge is 2.05. The topological polar surface area (TPSA) is 58.2 Å². The molecule has 3 rings (SSSR count). The van der Waals surface area contributed by atoms with Gasteiger partial charge in [-0.3, -0.25) is 9.59 Å². The molecular weight excluding hydrogens is 396 g/mol. The zero-order chi connectivity index (χ0) is 22.6. The van der Waals surface area contributed by atoms with Crippen LogP contribution in [0.25, 0.3) is 10.8 Å². The van der Waals surface area contributed by atoms with Crippen molar-refractivity contribution in [2.45, 2.75) is 64.8 Å². The molecule has 0 radical (unpaired) electrons. The van der Waals surface area contributed by atoms with Gasteiger partial charge in [0.05, 0.1) is 0 Å². The zero-order valence-corrected chi connectivity index (χ0v) is 19.0. The average molecular weight is 431 g/mol. The summed E-state index contributed by atoms with van der Waals surface area (Å²) in [6, 6.07) is 22.3. The SMILES string of the molecule is Cc1cccc(NC(=O)CCCCCCCCC(=O)NCc2cccc3ccccc23)c1. The van der Waals surface area contributed by atoms with Crippen molar-refractivity contribution in [3.8, 4) is 0 Å². The van der Waals surface area contributed by atoms with E-state index in [1.165, 1.54) is 10.8 Å². The van der Waals surface area contributed by atoms with Crippen LogP contribution < -0.4 is 10.6 Å². The summed E-state index contributed by atoms with van der Waals surface area (Å²) in [5.74, 6) is 0.198. The number of amides is 2. The molecule has 168 valence electrons. The summed E-state index contributed by atoms with van der Waals surface area (Å²) >= 11 is 0. The summed E-state index contributed by atoms with van der Waals surface area (Å²) in [6.45, 7) is 2.59. The Hall–Kier alpha value is -3.14. The molecule has 32 heavy (non-hydrogen) atoms. The predicted octanol–water partition coefficient (Wildman–Crippen LogP) is 6.52. The van der Waals surface area contributed by atoms with E-state index >= 15 is 0 Å². The summed E-state index contributed by atoms with van der Waals surface area (Å²) in [5, 5.41) is 8.41. The smallest absolute Gasteiger partial charge is 0.224 e. The van der Waals surface area contributed by atoms with Gasteiger partial charge in [0.15, 0.2) is 0 Å². The number of fused-ring (bicyclic) bond motifs is 1. The average Bonchev–Trinajstić information content (AvgIpc) is 2.79. The number of hydrogen-bond donors (Lipinski definition) is 2. The molecule has 0 spiro atoms. The quantitative estimate of drug-likeness (QED) is 0.321. The zero-order valence-electron chi connectivity index (χ0n) is 19.0. The maximum Gasteiger partial charge on any atom is 0.224 e. The molecule has 0 fully saturated rings. The van der Waals surface area contributed by atoms with Crippen molar-refractivity contribution in [2.75, 3.05) is 5.32 Å². The van der Waals surface area contributed by atoms with E-state index in [1.807, 2.05) is 49.4 Å². The first kappa shape index (κ1) is 23.5. The fraction of sp³-hybridized carbons (Fsp3) is 0.357. The highest BCUT2D eigenvalue weighted by atomic mass is 16.2. The van der Waals surface area contributed by atoms with E-state index < -0.39 is 0 Å². The third kappa shape index (κ3) is 7.84. The third-order valence-corrected chi connectivity index (χ3v) is 5.72. The molecule has 3 aromatic carbocycles. The Kier molecular flexibility index (Phi) is 9.30. The van der Waals surface area contributed by atoms with E-state index in [9.17, 15) is 9.59 Å². The van der Waals surface area contributed by atoms with Crippen LogP contribution in [0.1, 0.15) is 62.5 Å². The monoisotopic (exact) mass is 430 g/mol. The van der Waals surface area contributed by atoms with E-state index in [0.29, 0.717) is 19.4 Å². The normalized spacial score (nSPS) is 10.8. The first-order valence-corrected chi connectivity index (χ1v) is 11.7. The van der Waals surface area contributed by atoms with Crippen molar-refractivity contribution in [1.29, 1.82) is 0 Å². The number of anilines is 1. The van der Waals surface area contributed by atoms with Gasteiger partial charge < -0.3 is 10.6 Å². The maximum absolute atomic E-state index is 12.2. The first-order valence-electron chi connectivity index (χ1n) is 11.7. The van der Waals surface area contributed by atoms with Gasteiger partial charge in [-0.05, 0) is 53.8 Å². The van der Waals surface area contributed by atoms with Crippen LogP contribution in [0.5, 0.6) is 0 Å². The van der Waals surface area contributed by atoms with Crippen molar-refractivity contribution in [3.63, 3.8) is 0 Å². The van der Waals surface area contributed by atoms with Gasteiger partial charge in [0.25, 0.3) is 0 Å². The van der Waals surface area contributed by atoms with Gasteiger partial charge in [-0.1, -0.05) is 80.3 Å². The second-order valence-electron chi connectivity index (χ2n) is 8.45. The second kappa shape index (κ2) is 12.7. The maximum atomic E-state index is 12.2. The molecule has 0 bridgehead atoms. The molecule has 0 atom stereocenters. The van der Waals surface area contributed by atoms with Crippen molar-refractivity contribution in [3.05, 3.63) is 77.9 Å². The van der Waals surface area contributed by atoms with Crippen LogP contribution in [0.4, 0.5) is 5.69 Å². The number of carbonyl (C=O) groups excluding carboxylic acids is 2. The van der Waals surface area contributed by atoms with Gasteiger partial charge in [0, 0.05) is 25.1 Å². The number of rotatable bonds is 12. The Morgan fingerprint density at radius 2 is 1.38 bits per heavy atom. The number of unbranched alkanes of at least 4 members (excludes halogenated alkanes) is 5. The number of nitrogens with one attached hydrogen (secondary N) is 2. The predicted molar refractivity (Wildman–Crippen MR) is 133 cm³/mol. The molecule has 3 aromatic rings. The summed E-state index contributed by atoms with van der Waals surface area (Å²) in [6.07, 6.45) is 7.27. The number of hydrogen-bond acceptors (Lipinski definition) is 2. The largest absolute Gasteiger partial charge is 0.352 e. The molecule has 0 aliphatic heterocycles. The third-order valence-electron chi connectivity index (χ3n) is 5.72. The summed E-state index contributed by atoms with van der Waals surface area (Å²) in [7, 11) is 0. The molecule has 2 amide bonds. The van der Waals surface area contributed by atoms with Crippen molar-refractivity contribution in [1.82, 2.24) is 5.32 Å². The standard InChI is InChI=1S/C28H34N2O2/c1-22-12-10-16-25(20-22)30-28(32)19-7-5-3-2-4-6-18-27(31)29-21-24-15-11-14-23-13-8-9-17-26(23)24/h8-17,20H,2-7,18-19,21H2,1H3,(H,29,31)(H,30,32). The van der Waals surface area contributed by atoms with Crippen LogP contribution in [-0.4, -0.2) is 11.8 Å². The summed E-state index contributed by atoms with van der Waals surface area (Å²) in [5.41, 5.74) is 3.17. The van der Waals surface area contributed by atoms with Crippen LogP contribution in [0.3, 0.4) is 0 Å². The van der Waals surface area contributed by atoms with E-state index in [1.54, 1.807) is 0 Å². The molecule has 0 heterocycles. The molecule has 4 nitrogen and oxygen atoms in total. The lowest BCUT2D eigenvalue weighted by atomic mass is 10.0. The first-order chi connectivity index (χ1) is 15.6. The van der Waals surface area contributed by atoms with Gasteiger partial charge in [-0.25, -0.2) is 0 Å². The Morgan fingerprint density at radius 3 is 2.16 bits per heavy atom. The van der Waals surface area contributed by atoms with Crippen molar-refractivity contribution >= 4 is 28.3 Å². The van der Waals surface area contributed by atoms with Crippen LogP contribution >= 0.6 is 0 Å². The molecular formula is C28H34N2O2. The molecule has 0 aliphatic rings. The molecule has 0 saturated carbocycles. The lowest BCUT2D eigenvalue weighted by molar-refractivity contribution is -0.121. The van der Waals surface area contributed by atoms with Gasteiger partial charge in [-0.2, -0.15) is 0 Å². The Bertz CT molecular complexity index is 1020. The molecule has 0 unspecified atom stereocenters. The van der Waals surface area contributed by atoms with Gasteiger partial charge in [0.2, 0.25) is 11.8 Å². The highest BCUT2D eigenvalue weighted by molar-refractivity contribution is 5.90. The van der Waals surface area contributed by atoms with Gasteiger partial charge in [-0.15, -0.1) is 0 Å². The van der Waals surface area contributed by atoms with Crippen LogP contribution in [0.2, 0.25) is 0 Å². The van der Waals surface area contributed by atoms with Gasteiger partial charge >= 0.3 is 0 Å². The fourth-order valence-electron chi connectivity index (χ4n) is 3.95. The number of aryl methyl sites for hydroxylation is 1. The molecule has 4 heteroatoms. The Balaban J connectivity index is 1.21. The van der Waals surface area contributed by atoms with Gasteiger partial charge in [0.1, 0.15) is 0 Å². The summed E-state index contributed by atoms with van der Waals surface area (Å²) < 4.78 is 0. The molecule has 0 saturated heterocycles. The van der Waals surface area contributed by atoms with Crippen LogP contribution in [0, 0.1) is 6.92 Å². The van der Waals surface area contributed by atoms with E-state index in [4.69, 9.17) is 0 Å². The Labute approximate surface area is 191 Å². The highest BCUT2D eigenvalue weighted by Crippen LogP contribution is 2.18. The molecule has 0 aromatic heterocycles. The fourth-order valence-corrected chi connectivity index (χ4v) is 3.95. The van der Waals surface area contributed by atoms with E-state index in [0.717, 1.165) is 55.3 Å². The van der Waals surface area contributed by atoms with Crippen molar-refractivity contribution in [2.24, 2.45) is 0 Å². The number of benzene rings is 3. The minimum atomic E-state index is 0.0819. The van der Waals surface area contributed by atoms with Crippen LogP contribution in [-0.2, 0) is 16.1 Å². The Morgan fingerprint density at radius 1 is 0.719 bits per heavy atom. The second-order valence-corrected chi connectivity index (χ2v) is 8.45. The van der Waals surface area contributed by atoms with Crippen molar-refractivity contribution < 1.29 is 9.59 Å². The minimum absolute atomic E-state index is 0.0819. The number of carbonyl (C=O) groups is 2. The minimum Gasteiger partial charge on any atom is -0.352 e. The van der Waals surface area contributed by atoms with Crippen LogP contribution in [0.15, 0.2) is 66.7 Å². The molecule has 2 N–H and O–H groups in total. The molecule has 0 aliphatic carbocycles. The summed E-state index contributed by atoms with van der Waals surface area (Å²) in [4.78, 5) is 24.2. The lowest BCUT2D eigenvalue weighted by Crippen LogP contribution is -2.22. The van der Waals surface area contributed by atoms with E-state index in [-0.39, 0.29) is 11.8 Å². The van der Waals surface area contributed by atoms with E-state index in [2.05, 4.69) is 34.9 Å². The lowest BCUT2D eigenvalue weighted by Gasteiger charge is -2.08.